The fourth-order valence-electron chi connectivity index (χ4n) is 3.59. The van der Waals surface area contributed by atoms with Crippen LogP contribution in [0.2, 0.25) is 0 Å². The van der Waals surface area contributed by atoms with Gasteiger partial charge in [0, 0.05) is 34.9 Å². The third-order valence-corrected chi connectivity index (χ3v) is 6.45. The first-order valence-electron chi connectivity index (χ1n) is 7.36. The third-order valence-electron chi connectivity index (χ3n) is 4.61. The van der Waals surface area contributed by atoms with Crippen LogP contribution in [0.5, 0.6) is 0 Å². The molecular formula is C17H17BrN2S. The van der Waals surface area contributed by atoms with E-state index in [2.05, 4.69) is 62.4 Å². The molecule has 108 valence electrons. The van der Waals surface area contributed by atoms with Crippen molar-refractivity contribution in [3.8, 4) is 0 Å². The highest BCUT2D eigenvalue weighted by Gasteiger charge is 2.36. The van der Waals surface area contributed by atoms with Gasteiger partial charge >= 0.3 is 0 Å². The summed E-state index contributed by atoms with van der Waals surface area (Å²) < 4.78 is 2.14. The Morgan fingerprint density at radius 2 is 2.24 bits per heavy atom. The molecule has 1 aliphatic carbocycles. The summed E-state index contributed by atoms with van der Waals surface area (Å²) in [6, 6.07) is 8.94. The van der Waals surface area contributed by atoms with Crippen LogP contribution in [-0.4, -0.2) is 14.7 Å². The molecule has 21 heavy (non-hydrogen) atoms. The molecule has 1 unspecified atom stereocenters. The maximum Gasteiger partial charge on any atom is 0.193 e. The molecular weight excluding hydrogens is 344 g/mol. The summed E-state index contributed by atoms with van der Waals surface area (Å²) in [5, 5.41) is 3.09. The normalized spacial score (nSPS) is 21.6. The van der Waals surface area contributed by atoms with Crippen molar-refractivity contribution < 1.29 is 0 Å². The zero-order valence-electron chi connectivity index (χ0n) is 11.8. The Labute approximate surface area is 137 Å². The van der Waals surface area contributed by atoms with Crippen molar-refractivity contribution in [2.75, 3.05) is 5.33 Å². The van der Waals surface area contributed by atoms with E-state index in [1.165, 1.54) is 36.1 Å². The number of fused-ring (bicyclic) bond motifs is 2. The number of hydrogen-bond donors (Lipinski definition) is 0. The lowest BCUT2D eigenvalue weighted by Crippen LogP contribution is -2.35. The lowest BCUT2D eigenvalue weighted by atomic mass is 9.69. The molecule has 2 nitrogen and oxygen atoms in total. The Hall–Kier alpha value is -1.13. The van der Waals surface area contributed by atoms with E-state index < -0.39 is 0 Å². The summed E-state index contributed by atoms with van der Waals surface area (Å²) in [5.41, 5.74) is 4.44. The Bertz CT molecular complexity index is 747. The molecule has 1 aromatic carbocycles. The number of alkyl halides is 1. The maximum absolute atomic E-state index is 4.79. The number of halogens is 1. The van der Waals surface area contributed by atoms with E-state index in [0.717, 1.165) is 16.7 Å². The van der Waals surface area contributed by atoms with Crippen LogP contribution in [0.25, 0.3) is 4.96 Å². The van der Waals surface area contributed by atoms with E-state index in [0.29, 0.717) is 0 Å². The van der Waals surface area contributed by atoms with Gasteiger partial charge < -0.3 is 0 Å². The van der Waals surface area contributed by atoms with Gasteiger partial charge in [0.15, 0.2) is 4.96 Å². The molecule has 0 aliphatic heterocycles. The Kier molecular flexibility index (Phi) is 3.38. The highest BCUT2D eigenvalue weighted by molar-refractivity contribution is 9.09. The van der Waals surface area contributed by atoms with E-state index in [1.54, 1.807) is 11.3 Å². The van der Waals surface area contributed by atoms with Crippen molar-refractivity contribution >= 4 is 32.2 Å². The molecule has 0 N–H and O–H groups in total. The zero-order valence-corrected chi connectivity index (χ0v) is 14.2. The fourth-order valence-corrected chi connectivity index (χ4v) is 5.08. The van der Waals surface area contributed by atoms with Gasteiger partial charge in [-0.15, -0.1) is 11.3 Å². The number of hydrogen-bond acceptors (Lipinski definition) is 2. The predicted molar refractivity (Wildman–Crippen MR) is 91.6 cm³/mol. The second-order valence-corrected chi connectivity index (χ2v) is 7.36. The molecule has 4 rings (SSSR count). The number of thiazole rings is 1. The summed E-state index contributed by atoms with van der Waals surface area (Å²) >= 11 is 5.50. The van der Waals surface area contributed by atoms with Crippen LogP contribution in [0, 0.1) is 0 Å². The summed E-state index contributed by atoms with van der Waals surface area (Å²) in [7, 11) is 0. The molecule has 2 heterocycles. The van der Waals surface area contributed by atoms with Crippen molar-refractivity contribution in [1.29, 1.82) is 0 Å². The van der Waals surface area contributed by atoms with Crippen LogP contribution < -0.4 is 0 Å². The van der Waals surface area contributed by atoms with E-state index in [-0.39, 0.29) is 5.41 Å². The van der Waals surface area contributed by atoms with Gasteiger partial charge in [-0.1, -0.05) is 40.2 Å². The van der Waals surface area contributed by atoms with Crippen LogP contribution in [0.1, 0.15) is 29.7 Å². The third kappa shape index (κ3) is 2.25. The van der Waals surface area contributed by atoms with Gasteiger partial charge in [-0.3, -0.25) is 4.40 Å². The van der Waals surface area contributed by atoms with Gasteiger partial charge in [-0.05, 0) is 30.4 Å². The lowest BCUT2D eigenvalue weighted by molar-refractivity contribution is 0.398. The van der Waals surface area contributed by atoms with Crippen molar-refractivity contribution in [2.45, 2.75) is 31.1 Å². The number of aryl methyl sites for hydroxylation is 1. The van der Waals surface area contributed by atoms with Gasteiger partial charge in [-0.2, -0.15) is 0 Å². The van der Waals surface area contributed by atoms with Crippen LogP contribution in [0.3, 0.4) is 0 Å². The van der Waals surface area contributed by atoms with Gasteiger partial charge in [0.05, 0.1) is 5.69 Å². The first kappa shape index (κ1) is 13.5. The van der Waals surface area contributed by atoms with E-state index in [1.807, 2.05) is 0 Å². The molecule has 0 spiro atoms. The molecule has 0 saturated heterocycles. The second kappa shape index (κ2) is 5.25. The SMILES string of the molecule is BrCC1(Cc2cn3ccsc3n2)CCCc2ccccc21. The lowest BCUT2D eigenvalue weighted by Gasteiger charge is -2.37. The van der Waals surface area contributed by atoms with Crippen LogP contribution in [-0.2, 0) is 18.3 Å². The number of nitrogens with zero attached hydrogens (tertiary/aromatic N) is 2. The maximum atomic E-state index is 4.79. The van der Waals surface area contributed by atoms with E-state index in [4.69, 9.17) is 4.98 Å². The minimum absolute atomic E-state index is 0.193. The minimum Gasteiger partial charge on any atom is -0.297 e. The minimum atomic E-state index is 0.193. The topological polar surface area (TPSA) is 17.3 Å². The summed E-state index contributed by atoms with van der Waals surface area (Å²) in [4.78, 5) is 5.89. The van der Waals surface area contributed by atoms with Gasteiger partial charge in [0.25, 0.3) is 0 Å². The average Bonchev–Trinajstić information content (AvgIpc) is 3.08. The quantitative estimate of drug-likeness (QED) is 0.623. The monoisotopic (exact) mass is 360 g/mol. The number of benzene rings is 1. The standard InChI is InChI=1S/C17H17BrN2S/c18-12-17(7-3-5-13-4-1-2-6-15(13)17)10-14-11-20-8-9-21-16(20)19-14/h1-2,4,6,8-9,11H,3,5,7,10,12H2. The summed E-state index contributed by atoms with van der Waals surface area (Å²) in [6.07, 6.45) is 9.01. The van der Waals surface area contributed by atoms with Gasteiger partial charge in [0.2, 0.25) is 0 Å². The fraction of sp³-hybridized carbons (Fsp3) is 0.353. The highest BCUT2D eigenvalue weighted by atomic mass is 79.9. The molecule has 0 bridgehead atoms. The van der Waals surface area contributed by atoms with Crippen LogP contribution in [0.15, 0.2) is 42.0 Å². The van der Waals surface area contributed by atoms with E-state index in [9.17, 15) is 0 Å². The zero-order chi connectivity index (χ0) is 14.3. The number of aromatic nitrogens is 2. The molecule has 0 saturated carbocycles. The molecule has 1 aliphatic rings. The largest absolute Gasteiger partial charge is 0.297 e. The van der Waals surface area contributed by atoms with Crippen molar-refractivity contribution in [3.05, 3.63) is 58.9 Å². The van der Waals surface area contributed by atoms with Crippen LogP contribution >= 0.6 is 27.3 Å². The van der Waals surface area contributed by atoms with Gasteiger partial charge in [-0.25, -0.2) is 4.98 Å². The number of imidazole rings is 1. The summed E-state index contributed by atoms with van der Waals surface area (Å²) in [5.74, 6) is 0. The van der Waals surface area contributed by atoms with Crippen LogP contribution in [0.4, 0.5) is 0 Å². The molecule has 4 heteroatoms. The highest BCUT2D eigenvalue weighted by Crippen LogP contribution is 2.41. The first-order valence-corrected chi connectivity index (χ1v) is 9.36. The Morgan fingerprint density at radius 1 is 1.33 bits per heavy atom. The van der Waals surface area contributed by atoms with Crippen molar-refractivity contribution in [3.63, 3.8) is 0 Å². The van der Waals surface area contributed by atoms with Crippen molar-refractivity contribution in [1.82, 2.24) is 9.38 Å². The molecule has 3 aromatic rings. The summed E-state index contributed by atoms with van der Waals surface area (Å²) in [6.45, 7) is 0. The van der Waals surface area contributed by atoms with E-state index >= 15 is 0 Å². The van der Waals surface area contributed by atoms with Crippen molar-refractivity contribution in [2.24, 2.45) is 0 Å². The number of rotatable bonds is 3. The molecule has 1 atom stereocenters. The molecule has 0 amide bonds. The second-order valence-electron chi connectivity index (χ2n) is 5.93. The van der Waals surface area contributed by atoms with Gasteiger partial charge in [0.1, 0.15) is 0 Å². The Balaban J connectivity index is 1.75. The molecule has 2 aromatic heterocycles. The predicted octanol–water partition coefficient (Wildman–Crippen LogP) is 4.61. The molecule has 0 fully saturated rings. The Morgan fingerprint density at radius 3 is 3.10 bits per heavy atom. The first-order chi connectivity index (χ1) is 10.3. The molecule has 0 radical (unpaired) electrons. The smallest absolute Gasteiger partial charge is 0.193 e. The average molecular weight is 361 g/mol.